The molecule has 0 N–H and O–H groups in total. The van der Waals surface area contributed by atoms with Crippen LogP contribution in [0.15, 0.2) is 29.3 Å². The van der Waals surface area contributed by atoms with Crippen LogP contribution in [0.2, 0.25) is 0 Å². The van der Waals surface area contributed by atoms with E-state index in [4.69, 9.17) is 0 Å². The van der Waals surface area contributed by atoms with Crippen LogP contribution in [0.1, 0.15) is 33.6 Å². The van der Waals surface area contributed by atoms with E-state index in [1.807, 2.05) is 24.0 Å². The van der Waals surface area contributed by atoms with Gasteiger partial charge >= 0.3 is 0 Å². The predicted molar refractivity (Wildman–Crippen MR) is 114 cm³/mol. The zero-order chi connectivity index (χ0) is 19.6. The Morgan fingerprint density at radius 1 is 1.19 bits per heavy atom. The van der Waals surface area contributed by atoms with Crippen LogP contribution < -0.4 is 9.80 Å². The van der Waals surface area contributed by atoms with Crippen molar-refractivity contribution in [2.45, 2.75) is 44.9 Å². The van der Waals surface area contributed by atoms with E-state index in [0.29, 0.717) is 11.6 Å². The van der Waals surface area contributed by atoms with E-state index in [2.05, 4.69) is 35.9 Å². The summed E-state index contributed by atoms with van der Waals surface area (Å²) in [4.78, 5) is 20.6. The molecule has 2 saturated heterocycles. The van der Waals surface area contributed by atoms with Crippen molar-refractivity contribution in [1.82, 2.24) is 0 Å². The summed E-state index contributed by atoms with van der Waals surface area (Å²) in [5.41, 5.74) is 2.03. The number of hydrogen-bond donors (Lipinski definition) is 0. The molecule has 2 atom stereocenters. The summed E-state index contributed by atoms with van der Waals surface area (Å²) in [5, 5.41) is 0.569. The van der Waals surface area contributed by atoms with E-state index in [9.17, 15) is 13.2 Å². The van der Waals surface area contributed by atoms with Crippen molar-refractivity contribution in [2.24, 2.45) is 4.99 Å². The molecule has 1 amide bonds. The molecule has 1 aromatic carbocycles. The summed E-state index contributed by atoms with van der Waals surface area (Å²) >= 11 is 1.43. The molecule has 148 valence electrons. The van der Waals surface area contributed by atoms with Crippen molar-refractivity contribution >= 4 is 44.0 Å². The van der Waals surface area contributed by atoms with Crippen LogP contribution in [-0.4, -0.2) is 55.4 Å². The zero-order valence-corrected chi connectivity index (χ0v) is 17.7. The quantitative estimate of drug-likeness (QED) is 0.719. The number of amidine groups is 1. The van der Waals surface area contributed by atoms with Gasteiger partial charge in [-0.25, -0.2) is 8.42 Å². The molecule has 0 spiro atoms. The molecule has 2 fully saturated rings. The maximum Gasteiger partial charge on any atom is 0.248 e. The molecule has 6 nitrogen and oxygen atoms in total. The third-order valence-corrected chi connectivity index (χ3v) is 8.22. The molecule has 8 heteroatoms. The maximum atomic E-state index is 12.1. The summed E-state index contributed by atoms with van der Waals surface area (Å²) in [6.07, 6.45) is 1.16. The van der Waals surface area contributed by atoms with Gasteiger partial charge in [-0.1, -0.05) is 18.7 Å². The minimum absolute atomic E-state index is 0.0642. The van der Waals surface area contributed by atoms with Crippen molar-refractivity contribution in [1.29, 1.82) is 0 Å². The van der Waals surface area contributed by atoms with Crippen LogP contribution in [0.4, 0.5) is 11.4 Å². The fraction of sp³-hybridized carbons (Fsp3) is 0.579. The highest BCUT2D eigenvalue weighted by Gasteiger charge is 2.49. The SMILES string of the molecule is CCCC(=O)N=C1SC2CS(=O)(=O)CC2N1c1ccc(N(CC)CC)cc1. The Morgan fingerprint density at radius 2 is 1.85 bits per heavy atom. The molecule has 0 saturated carbocycles. The number of carbonyl (C=O) groups excluding carboxylic acids is 1. The lowest BCUT2D eigenvalue weighted by atomic mass is 10.2. The van der Waals surface area contributed by atoms with Gasteiger partial charge in [-0.05, 0) is 44.5 Å². The van der Waals surface area contributed by atoms with Crippen molar-refractivity contribution < 1.29 is 13.2 Å². The fourth-order valence-electron chi connectivity index (χ4n) is 3.66. The van der Waals surface area contributed by atoms with Crippen LogP contribution in [-0.2, 0) is 14.6 Å². The van der Waals surface area contributed by atoms with Crippen molar-refractivity contribution in [3.63, 3.8) is 0 Å². The van der Waals surface area contributed by atoms with Gasteiger partial charge in [0.1, 0.15) is 0 Å². The van der Waals surface area contributed by atoms with E-state index in [-0.39, 0.29) is 28.7 Å². The largest absolute Gasteiger partial charge is 0.372 e. The molecule has 0 aliphatic carbocycles. The number of rotatable bonds is 6. The first-order valence-corrected chi connectivity index (χ1v) is 12.2. The Kier molecular flexibility index (Phi) is 6.15. The molecule has 2 heterocycles. The highest BCUT2D eigenvalue weighted by atomic mass is 32.2. The predicted octanol–water partition coefficient (Wildman–Crippen LogP) is 2.93. The van der Waals surface area contributed by atoms with Gasteiger partial charge in [-0.15, -0.1) is 0 Å². The average molecular weight is 410 g/mol. The van der Waals surface area contributed by atoms with Gasteiger partial charge in [0.05, 0.1) is 17.5 Å². The molecule has 0 radical (unpaired) electrons. The second-order valence-corrected chi connectivity index (χ2v) is 10.3. The Morgan fingerprint density at radius 3 is 2.44 bits per heavy atom. The molecule has 0 aromatic heterocycles. The molecule has 2 aliphatic heterocycles. The number of aliphatic imine (C=N–C) groups is 1. The number of benzene rings is 1. The lowest BCUT2D eigenvalue weighted by Gasteiger charge is -2.26. The standard InChI is InChI=1S/C19H27N3O3S2/c1-4-7-18(23)20-19-22(16-12-27(24,25)13-17(16)26-19)15-10-8-14(9-11-15)21(5-2)6-3/h8-11,16-17H,4-7,12-13H2,1-3H3. The Balaban J connectivity index is 1.93. The summed E-state index contributed by atoms with van der Waals surface area (Å²) in [5.74, 6) is 0.119. The highest BCUT2D eigenvalue weighted by Crippen LogP contribution is 2.41. The van der Waals surface area contributed by atoms with E-state index in [1.165, 1.54) is 11.8 Å². The third kappa shape index (κ3) is 4.32. The van der Waals surface area contributed by atoms with Crippen LogP contribution in [0.5, 0.6) is 0 Å². The normalized spacial score (nSPS) is 25.0. The lowest BCUT2D eigenvalue weighted by Crippen LogP contribution is -2.37. The number of hydrogen-bond acceptors (Lipinski definition) is 5. The smallest absolute Gasteiger partial charge is 0.248 e. The van der Waals surface area contributed by atoms with Crippen molar-refractivity contribution in [3.05, 3.63) is 24.3 Å². The van der Waals surface area contributed by atoms with Crippen molar-refractivity contribution in [3.8, 4) is 0 Å². The van der Waals surface area contributed by atoms with Gasteiger partial charge in [-0.2, -0.15) is 4.99 Å². The van der Waals surface area contributed by atoms with E-state index in [1.54, 1.807) is 0 Å². The zero-order valence-electron chi connectivity index (χ0n) is 16.1. The number of sulfone groups is 1. The molecular weight excluding hydrogens is 382 g/mol. The molecule has 27 heavy (non-hydrogen) atoms. The number of fused-ring (bicyclic) bond motifs is 1. The average Bonchev–Trinajstić information content (AvgIpc) is 3.07. The number of nitrogens with zero attached hydrogens (tertiary/aromatic N) is 3. The molecule has 2 unspecified atom stereocenters. The Labute approximate surface area is 165 Å². The van der Waals surface area contributed by atoms with E-state index < -0.39 is 9.84 Å². The van der Waals surface area contributed by atoms with Gasteiger partial charge < -0.3 is 9.80 Å². The van der Waals surface area contributed by atoms with Gasteiger partial charge in [0.15, 0.2) is 15.0 Å². The Bertz CT molecular complexity index is 817. The topological polar surface area (TPSA) is 70.0 Å². The molecule has 3 rings (SSSR count). The monoisotopic (exact) mass is 409 g/mol. The molecule has 1 aromatic rings. The van der Waals surface area contributed by atoms with Gasteiger partial charge in [-0.3, -0.25) is 4.79 Å². The molecule has 0 bridgehead atoms. The summed E-state index contributed by atoms with van der Waals surface area (Å²) in [6, 6.07) is 7.94. The maximum absolute atomic E-state index is 12.1. The second-order valence-electron chi connectivity index (χ2n) is 6.90. The van der Waals surface area contributed by atoms with E-state index >= 15 is 0 Å². The van der Waals surface area contributed by atoms with Gasteiger partial charge in [0.25, 0.3) is 0 Å². The van der Waals surface area contributed by atoms with Crippen LogP contribution in [0.25, 0.3) is 0 Å². The first-order chi connectivity index (χ1) is 12.9. The number of amides is 1. The van der Waals surface area contributed by atoms with Gasteiger partial charge in [0, 0.05) is 36.1 Å². The number of carbonyl (C=O) groups is 1. The third-order valence-electron chi connectivity index (χ3n) is 5.01. The first-order valence-electron chi connectivity index (χ1n) is 9.51. The number of thioether (sulfide) groups is 1. The van der Waals surface area contributed by atoms with E-state index in [0.717, 1.165) is 30.9 Å². The molecular formula is C19H27N3O3S2. The Hall–Kier alpha value is -1.54. The van der Waals surface area contributed by atoms with Crippen LogP contribution in [0.3, 0.4) is 0 Å². The summed E-state index contributed by atoms with van der Waals surface area (Å²) in [7, 11) is -3.05. The van der Waals surface area contributed by atoms with Crippen molar-refractivity contribution in [2.75, 3.05) is 34.4 Å². The highest BCUT2D eigenvalue weighted by molar-refractivity contribution is 8.16. The van der Waals surface area contributed by atoms with Crippen LogP contribution in [0, 0.1) is 0 Å². The minimum atomic E-state index is -3.05. The number of anilines is 2. The van der Waals surface area contributed by atoms with Crippen LogP contribution >= 0.6 is 11.8 Å². The molecule has 2 aliphatic rings. The fourth-order valence-corrected chi connectivity index (χ4v) is 7.59. The second kappa shape index (κ2) is 8.22. The summed E-state index contributed by atoms with van der Waals surface area (Å²) < 4.78 is 24.2. The lowest BCUT2D eigenvalue weighted by molar-refractivity contribution is -0.117. The first kappa shape index (κ1) is 20.2. The minimum Gasteiger partial charge on any atom is -0.372 e. The summed E-state index contributed by atoms with van der Waals surface area (Å²) in [6.45, 7) is 8.04. The van der Waals surface area contributed by atoms with Gasteiger partial charge in [0.2, 0.25) is 5.91 Å².